The van der Waals surface area contributed by atoms with Crippen LogP contribution in [0.4, 0.5) is 11.4 Å². The van der Waals surface area contributed by atoms with Crippen LogP contribution in [0.15, 0.2) is 18.2 Å². The van der Waals surface area contributed by atoms with E-state index in [1.165, 1.54) is 12.8 Å². The summed E-state index contributed by atoms with van der Waals surface area (Å²) in [5, 5.41) is 3.68. The lowest BCUT2D eigenvalue weighted by Gasteiger charge is -2.26. The van der Waals surface area contributed by atoms with Gasteiger partial charge < -0.3 is 10.2 Å². The summed E-state index contributed by atoms with van der Waals surface area (Å²) in [6.45, 7) is 0.980. The van der Waals surface area contributed by atoms with E-state index >= 15 is 0 Å². The van der Waals surface area contributed by atoms with Crippen molar-refractivity contribution < 1.29 is 4.79 Å². The van der Waals surface area contributed by atoms with E-state index in [-0.39, 0.29) is 11.9 Å². The van der Waals surface area contributed by atoms with Gasteiger partial charge in [-0.25, -0.2) is 0 Å². The van der Waals surface area contributed by atoms with E-state index in [0.29, 0.717) is 5.02 Å². The number of likely N-dealkylation sites (tertiary alicyclic amines) is 1. The minimum Gasteiger partial charge on any atom is -0.376 e. The molecule has 1 atom stereocenters. The number of rotatable bonds is 3. The number of likely N-dealkylation sites (N-methyl/N-ethyl adjacent to an activating group) is 1. The molecule has 21 heavy (non-hydrogen) atoms. The molecule has 1 aliphatic heterocycles. The Morgan fingerprint density at radius 1 is 1.33 bits per heavy atom. The second-order valence-electron chi connectivity index (χ2n) is 5.89. The molecular formula is C16H24ClN3O. The first-order chi connectivity index (χ1) is 9.99. The number of benzene rings is 1. The van der Waals surface area contributed by atoms with Gasteiger partial charge in [0.1, 0.15) is 0 Å². The second kappa shape index (κ2) is 7.14. The van der Waals surface area contributed by atoms with Crippen molar-refractivity contribution in [2.75, 3.05) is 37.9 Å². The molecule has 1 aromatic carbocycles. The van der Waals surface area contributed by atoms with Gasteiger partial charge in [0.15, 0.2) is 0 Å². The number of hydrogen-bond donors (Lipinski definition) is 1. The molecule has 116 valence electrons. The SMILES string of the molecule is CN(C)c1ccc(Cl)cc1NC(=O)C1CCCCCN1C. The zero-order valence-electron chi connectivity index (χ0n) is 13.0. The lowest BCUT2D eigenvalue weighted by atomic mass is 10.1. The monoisotopic (exact) mass is 309 g/mol. The Kier molecular flexibility index (Phi) is 5.48. The van der Waals surface area contributed by atoms with Gasteiger partial charge in [-0.05, 0) is 44.6 Å². The van der Waals surface area contributed by atoms with Gasteiger partial charge in [-0.2, -0.15) is 0 Å². The highest BCUT2D eigenvalue weighted by atomic mass is 35.5. The number of nitrogens with zero attached hydrogens (tertiary/aromatic N) is 2. The second-order valence-corrected chi connectivity index (χ2v) is 6.33. The molecule has 1 saturated heterocycles. The molecule has 2 rings (SSSR count). The molecule has 1 aliphatic rings. The molecule has 5 heteroatoms. The van der Waals surface area contributed by atoms with Crippen molar-refractivity contribution >= 4 is 28.9 Å². The summed E-state index contributed by atoms with van der Waals surface area (Å²) in [7, 11) is 5.94. The molecule has 1 fully saturated rings. The van der Waals surface area contributed by atoms with Gasteiger partial charge in [0.25, 0.3) is 0 Å². The lowest BCUT2D eigenvalue weighted by molar-refractivity contribution is -0.120. The number of anilines is 2. The molecule has 1 heterocycles. The van der Waals surface area contributed by atoms with Crippen molar-refractivity contribution in [2.24, 2.45) is 0 Å². The molecule has 0 aliphatic carbocycles. The maximum Gasteiger partial charge on any atom is 0.241 e. The van der Waals surface area contributed by atoms with Crippen molar-refractivity contribution in [3.63, 3.8) is 0 Å². The molecule has 0 bridgehead atoms. The van der Waals surface area contributed by atoms with E-state index in [1.54, 1.807) is 0 Å². The first-order valence-electron chi connectivity index (χ1n) is 7.47. The highest BCUT2D eigenvalue weighted by Crippen LogP contribution is 2.28. The van der Waals surface area contributed by atoms with Crippen molar-refractivity contribution in [3.05, 3.63) is 23.2 Å². The van der Waals surface area contributed by atoms with Crippen LogP contribution in [0.5, 0.6) is 0 Å². The normalized spacial score (nSPS) is 19.9. The molecule has 0 spiro atoms. The van der Waals surface area contributed by atoms with E-state index in [9.17, 15) is 4.79 Å². The van der Waals surface area contributed by atoms with Crippen molar-refractivity contribution in [2.45, 2.75) is 31.7 Å². The van der Waals surface area contributed by atoms with Crippen molar-refractivity contribution in [3.8, 4) is 0 Å². The van der Waals surface area contributed by atoms with Gasteiger partial charge in [0, 0.05) is 19.1 Å². The molecule has 0 saturated carbocycles. The van der Waals surface area contributed by atoms with Crippen LogP contribution in [0, 0.1) is 0 Å². The summed E-state index contributed by atoms with van der Waals surface area (Å²) in [6, 6.07) is 5.52. The van der Waals surface area contributed by atoms with Crippen molar-refractivity contribution in [1.29, 1.82) is 0 Å². The Morgan fingerprint density at radius 3 is 2.81 bits per heavy atom. The Balaban J connectivity index is 2.16. The Hall–Kier alpha value is -1.26. The van der Waals surface area contributed by atoms with Crippen LogP contribution >= 0.6 is 11.6 Å². The van der Waals surface area contributed by atoms with Crippen LogP contribution < -0.4 is 10.2 Å². The molecule has 4 nitrogen and oxygen atoms in total. The molecule has 1 amide bonds. The Labute approximate surface area is 132 Å². The van der Waals surface area contributed by atoms with Crippen molar-refractivity contribution in [1.82, 2.24) is 4.90 Å². The van der Waals surface area contributed by atoms with E-state index in [4.69, 9.17) is 11.6 Å². The largest absolute Gasteiger partial charge is 0.376 e. The number of amides is 1. The maximum absolute atomic E-state index is 12.6. The number of carbonyl (C=O) groups excluding carboxylic acids is 1. The maximum atomic E-state index is 12.6. The third kappa shape index (κ3) is 4.11. The third-order valence-corrected chi connectivity index (χ3v) is 4.26. The average Bonchev–Trinajstić information content (AvgIpc) is 2.63. The van der Waals surface area contributed by atoms with Crippen LogP contribution in [-0.2, 0) is 4.79 Å². The smallest absolute Gasteiger partial charge is 0.241 e. The fourth-order valence-corrected chi connectivity index (χ4v) is 2.97. The van der Waals surface area contributed by atoms with Gasteiger partial charge in [-0.1, -0.05) is 24.4 Å². The van der Waals surface area contributed by atoms with Crippen LogP contribution in [0.2, 0.25) is 5.02 Å². The van der Waals surface area contributed by atoms with Crippen LogP contribution in [0.25, 0.3) is 0 Å². The predicted octanol–water partition coefficient (Wildman–Crippen LogP) is 3.22. The van der Waals surface area contributed by atoms with Crippen LogP contribution in [0.3, 0.4) is 0 Å². The van der Waals surface area contributed by atoms with E-state index in [1.807, 2.05) is 44.2 Å². The predicted molar refractivity (Wildman–Crippen MR) is 89.3 cm³/mol. The number of nitrogens with one attached hydrogen (secondary N) is 1. The van der Waals surface area contributed by atoms with Gasteiger partial charge in [-0.3, -0.25) is 9.69 Å². The van der Waals surface area contributed by atoms with Gasteiger partial charge >= 0.3 is 0 Å². The summed E-state index contributed by atoms with van der Waals surface area (Å²) in [6.07, 6.45) is 4.40. The number of hydrogen-bond acceptors (Lipinski definition) is 3. The van der Waals surface area contributed by atoms with Gasteiger partial charge in [0.2, 0.25) is 5.91 Å². The first-order valence-corrected chi connectivity index (χ1v) is 7.85. The highest BCUT2D eigenvalue weighted by Gasteiger charge is 2.25. The third-order valence-electron chi connectivity index (χ3n) is 4.02. The van der Waals surface area contributed by atoms with Gasteiger partial charge in [0.05, 0.1) is 17.4 Å². The number of carbonyl (C=O) groups is 1. The summed E-state index contributed by atoms with van der Waals surface area (Å²) in [4.78, 5) is 16.7. The lowest BCUT2D eigenvalue weighted by Crippen LogP contribution is -2.41. The minimum atomic E-state index is -0.0542. The summed E-state index contributed by atoms with van der Waals surface area (Å²) in [5.41, 5.74) is 1.74. The summed E-state index contributed by atoms with van der Waals surface area (Å²) >= 11 is 6.07. The topological polar surface area (TPSA) is 35.6 Å². The molecule has 0 aromatic heterocycles. The quantitative estimate of drug-likeness (QED) is 0.931. The zero-order valence-corrected chi connectivity index (χ0v) is 13.8. The molecular weight excluding hydrogens is 286 g/mol. The Morgan fingerprint density at radius 2 is 2.10 bits per heavy atom. The minimum absolute atomic E-state index is 0.0542. The molecule has 1 aromatic rings. The zero-order chi connectivity index (χ0) is 15.4. The van der Waals surface area contributed by atoms with E-state index in [2.05, 4.69) is 10.2 Å². The van der Waals surface area contributed by atoms with Crippen LogP contribution in [-0.4, -0.2) is 44.5 Å². The number of halogens is 1. The summed E-state index contributed by atoms with van der Waals surface area (Å²) in [5.74, 6) is 0.0600. The average molecular weight is 310 g/mol. The Bertz CT molecular complexity index is 504. The first kappa shape index (κ1) is 16.1. The van der Waals surface area contributed by atoms with E-state index < -0.39 is 0 Å². The van der Waals surface area contributed by atoms with Gasteiger partial charge in [-0.15, -0.1) is 0 Å². The standard InChI is InChI=1S/C16H24ClN3O/c1-19(2)14-9-8-12(17)11-13(14)18-16(21)15-7-5-4-6-10-20(15)3/h8-9,11,15H,4-7,10H2,1-3H3,(H,18,21). The summed E-state index contributed by atoms with van der Waals surface area (Å²) < 4.78 is 0. The molecule has 0 radical (unpaired) electrons. The highest BCUT2D eigenvalue weighted by molar-refractivity contribution is 6.31. The fourth-order valence-electron chi connectivity index (χ4n) is 2.80. The van der Waals surface area contributed by atoms with E-state index in [0.717, 1.165) is 30.8 Å². The van der Waals surface area contributed by atoms with Crippen LogP contribution in [0.1, 0.15) is 25.7 Å². The molecule has 1 unspecified atom stereocenters. The molecule has 1 N–H and O–H groups in total. The fraction of sp³-hybridized carbons (Fsp3) is 0.562.